The second-order valence-electron chi connectivity index (χ2n) is 8.30. The number of nitrogens with one attached hydrogen (secondary N) is 1. The molecule has 0 saturated carbocycles. The van der Waals surface area contributed by atoms with Gasteiger partial charge in [-0.2, -0.15) is 0 Å². The first kappa shape index (κ1) is 23.3. The lowest BCUT2D eigenvalue weighted by molar-refractivity contribution is -0.384. The summed E-state index contributed by atoms with van der Waals surface area (Å²) in [6, 6.07) is 13.3. The number of non-ortho nitro benzene ring substituents is 1. The Bertz CT molecular complexity index is 1360. The molecule has 2 aromatic carbocycles. The zero-order valence-corrected chi connectivity index (χ0v) is 20.6. The number of H-pyrrole nitrogens is 1. The van der Waals surface area contributed by atoms with E-state index in [4.69, 9.17) is 0 Å². The molecule has 0 aliphatic carbocycles. The summed E-state index contributed by atoms with van der Waals surface area (Å²) in [5, 5.41) is 10.9. The van der Waals surface area contributed by atoms with E-state index in [9.17, 15) is 24.5 Å². The number of carbonyl (C=O) groups is 2. The fourth-order valence-electron chi connectivity index (χ4n) is 4.84. The van der Waals surface area contributed by atoms with Gasteiger partial charge in [-0.1, -0.05) is 35.2 Å². The maximum atomic E-state index is 13.7. The molecule has 35 heavy (non-hydrogen) atoms. The van der Waals surface area contributed by atoms with Crippen LogP contribution in [-0.2, 0) is 9.59 Å². The van der Waals surface area contributed by atoms with E-state index in [1.54, 1.807) is 0 Å². The van der Waals surface area contributed by atoms with Gasteiger partial charge in [0.25, 0.3) is 5.69 Å². The number of aromatic nitrogens is 1. The van der Waals surface area contributed by atoms with E-state index in [2.05, 4.69) is 23.7 Å². The number of rotatable bonds is 6. The largest absolute Gasteiger partial charge is 0.372 e. The smallest absolute Gasteiger partial charge is 0.305 e. The number of thiazole rings is 1. The quantitative estimate of drug-likeness (QED) is 0.303. The van der Waals surface area contributed by atoms with E-state index in [1.807, 2.05) is 24.3 Å². The molecule has 9 nitrogen and oxygen atoms in total. The zero-order chi connectivity index (χ0) is 24.9. The number of benzene rings is 2. The summed E-state index contributed by atoms with van der Waals surface area (Å²) in [7, 11) is 0. The summed E-state index contributed by atoms with van der Waals surface area (Å²) in [5.41, 5.74) is 2.10. The predicted octanol–water partition coefficient (Wildman–Crippen LogP) is 3.99. The normalized spacial score (nSPS) is 21.1. The van der Waals surface area contributed by atoms with Gasteiger partial charge in [-0.3, -0.25) is 24.5 Å². The van der Waals surface area contributed by atoms with E-state index in [1.165, 1.54) is 36.0 Å². The number of hydrogen-bond donors (Lipinski definition) is 1. The Labute approximate surface area is 208 Å². The van der Waals surface area contributed by atoms with Crippen LogP contribution in [0, 0.1) is 16.0 Å². The topological polar surface area (TPSA) is 117 Å². The number of hydrogen-bond acceptors (Lipinski definition) is 8. The standard InChI is InChI=1S/C24H22N4O5S2/c1-3-26(4-2)14-7-5-13(6-8-14)17-18-20(34-21-19(17)35-24(31)25-21)23(30)27(22(18)29)15-9-11-16(12-10-15)28(32)33/h5-12,17-18,20H,3-4H2,1-2H3,(H,25,31)/t17-,18-,20+/m0/s1. The highest BCUT2D eigenvalue weighted by Gasteiger charge is 2.56. The summed E-state index contributed by atoms with van der Waals surface area (Å²) in [6.07, 6.45) is 0. The van der Waals surface area contributed by atoms with Crippen molar-refractivity contribution in [2.75, 3.05) is 22.9 Å². The molecule has 11 heteroatoms. The van der Waals surface area contributed by atoms with Crippen molar-refractivity contribution in [3.05, 3.63) is 78.8 Å². The average molecular weight is 511 g/mol. The van der Waals surface area contributed by atoms with Gasteiger partial charge in [-0.05, 0) is 43.7 Å². The lowest BCUT2D eigenvalue weighted by atomic mass is 9.83. The second-order valence-corrected chi connectivity index (χ2v) is 10.5. The number of thioether (sulfide) groups is 1. The molecule has 0 radical (unpaired) electrons. The molecule has 1 N–H and O–H groups in total. The first-order valence-electron chi connectivity index (χ1n) is 11.2. The van der Waals surface area contributed by atoms with Gasteiger partial charge in [0.1, 0.15) is 5.25 Å². The summed E-state index contributed by atoms with van der Waals surface area (Å²) in [5.74, 6) is -1.90. The highest BCUT2D eigenvalue weighted by Crippen LogP contribution is 2.53. The number of nitro groups is 1. The van der Waals surface area contributed by atoms with Crippen molar-refractivity contribution in [1.82, 2.24) is 4.98 Å². The van der Waals surface area contributed by atoms with Crippen LogP contribution in [-0.4, -0.2) is 40.1 Å². The molecule has 3 aromatic rings. The van der Waals surface area contributed by atoms with Crippen LogP contribution in [0.5, 0.6) is 0 Å². The van der Waals surface area contributed by atoms with Gasteiger partial charge >= 0.3 is 4.87 Å². The fourth-order valence-corrected chi connectivity index (χ4v) is 7.35. The maximum Gasteiger partial charge on any atom is 0.305 e. The maximum absolute atomic E-state index is 13.7. The number of fused-ring (bicyclic) bond motifs is 2. The fraction of sp³-hybridized carbons (Fsp3) is 0.292. The lowest BCUT2D eigenvalue weighted by Crippen LogP contribution is -2.32. The van der Waals surface area contributed by atoms with Gasteiger partial charge in [0.05, 0.1) is 21.6 Å². The number of carbonyl (C=O) groups excluding carboxylic acids is 2. The third-order valence-electron chi connectivity index (χ3n) is 6.52. The van der Waals surface area contributed by atoms with Crippen LogP contribution in [0.2, 0.25) is 0 Å². The lowest BCUT2D eigenvalue weighted by Gasteiger charge is -2.30. The van der Waals surface area contributed by atoms with Gasteiger partial charge in [-0.15, -0.1) is 0 Å². The van der Waals surface area contributed by atoms with E-state index in [-0.39, 0.29) is 22.4 Å². The Balaban J connectivity index is 1.56. The Morgan fingerprint density at radius 3 is 2.26 bits per heavy atom. The predicted molar refractivity (Wildman–Crippen MR) is 136 cm³/mol. The summed E-state index contributed by atoms with van der Waals surface area (Å²) in [4.78, 5) is 56.5. The molecule has 2 aliphatic heterocycles. The Morgan fingerprint density at radius 2 is 1.66 bits per heavy atom. The number of anilines is 2. The molecule has 3 heterocycles. The summed E-state index contributed by atoms with van der Waals surface area (Å²) in [6.45, 7) is 5.89. The van der Waals surface area contributed by atoms with E-state index in [0.29, 0.717) is 10.7 Å². The Kier molecular flexibility index (Phi) is 5.97. The average Bonchev–Trinajstić information content (AvgIpc) is 3.35. The van der Waals surface area contributed by atoms with Crippen LogP contribution in [0.4, 0.5) is 17.1 Å². The summed E-state index contributed by atoms with van der Waals surface area (Å²) >= 11 is 2.27. The third-order valence-corrected chi connectivity index (χ3v) is 8.92. The zero-order valence-electron chi connectivity index (χ0n) is 19.0. The molecule has 1 aromatic heterocycles. The highest BCUT2D eigenvalue weighted by molar-refractivity contribution is 8.00. The van der Waals surface area contributed by atoms with Crippen LogP contribution < -0.4 is 14.7 Å². The first-order chi connectivity index (χ1) is 16.8. The van der Waals surface area contributed by atoms with Gasteiger partial charge in [0, 0.05) is 41.7 Å². The SMILES string of the molecule is CCN(CC)c1ccc([C@@H]2c3sc(=O)[nH]c3S[C@H]3C(=O)N(c4ccc([N+](=O)[O-])cc4)C(=O)[C@@H]23)cc1. The van der Waals surface area contributed by atoms with Gasteiger partial charge in [0.15, 0.2) is 0 Å². The van der Waals surface area contributed by atoms with Gasteiger partial charge in [-0.25, -0.2) is 4.90 Å². The summed E-state index contributed by atoms with van der Waals surface area (Å²) < 4.78 is 0. The van der Waals surface area contributed by atoms with Crippen LogP contribution in [0.1, 0.15) is 30.2 Å². The second kappa shape index (κ2) is 8.97. The minimum absolute atomic E-state index is 0.120. The van der Waals surface area contributed by atoms with Crippen molar-refractivity contribution in [3.63, 3.8) is 0 Å². The number of amides is 2. The molecule has 2 amide bonds. The molecule has 0 spiro atoms. The molecule has 180 valence electrons. The Morgan fingerprint density at radius 1 is 1.00 bits per heavy atom. The number of nitrogens with zero attached hydrogens (tertiary/aromatic N) is 3. The minimum atomic E-state index is -0.706. The molecule has 0 unspecified atom stereocenters. The van der Waals surface area contributed by atoms with E-state index >= 15 is 0 Å². The molecule has 1 fully saturated rings. The van der Waals surface area contributed by atoms with Crippen molar-refractivity contribution >= 4 is 52.0 Å². The van der Waals surface area contributed by atoms with Crippen molar-refractivity contribution in [2.24, 2.45) is 5.92 Å². The van der Waals surface area contributed by atoms with Crippen LogP contribution >= 0.6 is 23.1 Å². The highest BCUT2D eigenvalue weighted by atomic mass is 32.2. The van der Waals surface area contributed by atoms with E-state index < -0.39 is 22.0 Å². The molecular weight excluding hydrogens is 488 g/mol. The van der Waals surface area contributed by atoms with Crippen molar-refractivity contribution < 1.29 is 14.5 Å². The van der Waals surface area contributed by atoms with Crippen LogP contribution in [0.3, 0.4) is 0 Å². The van der Waals surface area contributed by atoms with Crippen molar-refractivity contribution in [2.45, 2.75) is 30.0 Å². The monoisotopic (exact) mass is 510 g/mol. The van der Waals surface area contributed by atoms with Crippen molar-refractivity contribution in [3.8, 4) is 0 Å². The van der Waals surface area contributed by atoms with Gasteiger partial charge in [0.2, 0.25) is 11.8 Å². The Hall–Kier alpha value is -3.44. The van der Waals surface area contributed by atoms with E-state index in [0.717, 1.165) is 45.5 Å². The number of nitro benzene ring substituents is 1. The molecule has 5 rings (SSSR count). The molecule has 1 saturated heterocycles. The first-order valence-corrected chi connectivity index (χ1v) is 12.9. The number of imide groups is 1. The number of aromatic amines is 1. The minimum Gasteiger partial charge on any atom is -0.372 e. The van der Waals surface area contributed by atoms with Crippen molar-refractivity contribution in [1.29, 1.82) is 0 Å². The van der Waals surface area contributed by atoms with Gasteiger partial charge < -0.3 is 9.88 Å². The van der Waals surface area contributed by atoms with Crippen LogP contribution in [0.25, 0.3) is 0 Å². The third kappa shape index (κ3) is 3.84. The molecule has 3 atom stereocenters. The molecule has 2 aliphatic rings. The van der Waals surface area contributed by atoms with Crippen LogP contribution in [0.15, 0.2) is 58.4 Å². The molecular formula is C24H22N4O5S2. The molecule has 0 bridgehead atoms.